The van der Waals surface area contributed by atoms with Crippen LogP contribution in [0.15, 0.2) is 72.3 Å². The summed E-state index contributed by atoms with van der Waals surface area (Å²) in [6.07, 6.45) is 5.85. The number of aliphatic hydroxyl groups is 2. The van der Waals surface area contributed by atoms with E-state index in [1.807, 2.05) is 55.5 Å². The highest BCUT2D eigenvalue weighted by Gasteiger charge is 2.76. The Morgan fingerprint density at radius 1 is 1.02 bits per heavy atom. The summed E-state index contributed by atoms with van der Waals surface area (Å²) in [5, 5.41) is 27.8. The first-order chi connectivity index (χ1) is 30.4. The first kappa shape index (κ1) is 45.4. The molecule has 8 rings (SSSR count). The lowest BCUT2D eigenvalue weighted by molar-refractivity contribution is -0.201. The van der Waals surface area contributed by atoms with Crippen molar-refractivity contribution in [2.75, 3.05) is 18.5 Å². The zero-order valence-electron chi connectivity index (χ0n) is 37.1. The Balaban J connectivity index is 0.863. The number of hydrogen-bond donors (Lipinski definition) is 4. The van der Waals surface area contributed by atoms with Gasteiger partial charge >= 0.3 is 0 Å². The Hall–Kier alpha value is -5.15. The summed E-state index contributed by atoms with van der Waals surface area (Å²) in [7, 11) is 0. The normalized spacial score (nSPS) is 33.7. The smallest absolute Gasteiger partial charge is 0.232 e. The molecule has 4 amide bonds. The van der Waals surface area contributed by atoms with Crippen molar-refractivity contribution in [3.8, 4) is 0 Å². The van der Waals surface area contributed by atoms with E-state index in [4.69, 9.17) is 9.47 Å². The molecule has 14 nitrogen and oxygen atoms in total. The number of ether oxygens (including phenoxy) is 2. The van der Waals surface area contributed by atoms with E-state index in [1.54, 1.807) is 39.0 Å². The maximum Gasteiger partial charge on any atom is 0.232 e. The molecular formula is C50H59N3O11. The molecule has 3 saturated carbocycles. The fourth-order valence-corrected chi connectivity index (χ4v) is 12.1. The molecule has 2 heterocycles. The van der Waals surface area contributed by atoms with E-state index in [1.165, 1.54) is 0 Å². The lowest BCUT2D eigenvalue weighted by atomic mass is 9.46. The average Bonchev–Trinajstić information content (AvgIpc) is 3.85. The highest BCUT2D eigenvalue weighted by atomic mass is 16.7. The molecule has 64 heavy (non-hydrogen) atoms. The summed E-state index contributed by atoms with van der Waals surface area (Å²) in [6, 6.07) is 14.3. The van der Waals surface area contributed by atoms with Crippen molar-refractivity contribution in [2.45, 2.75) is 116 Å². The van der Waals surface area contributed by atoms with Crippen LogP contribution in [0.25, 0.3) is 0 Å². The van der Waals surface area contributed by atoms with E-state index in [2.05, 4.69) is 17.6 Å². The molecule has 5 fully saturated rings. The summed E-state index contributed by atoms with van der Waals surface area (Å²) in [6.45, 7) is 8.22. The van der Waals surface area contributed by atoms with E-state index >= 15 is 0 Å². The number of rotatable bonds is 14. The molecule has 2 aliphatic heterocycles. The molecule has 340 valence electrons. The maximum absolute atomic E-state index is 14.0. The first-order valence-corrected chi connectivity index (χ1v) is 22.6. The van der Waals surface area contributed by atoms with Crippen LogP contribution in [0.4, 0.5) is 5.69 Å². The van der Waals surface area contributed by atoms with Crippen LogP contribution >= 0.6 is 0 Å². The number of carbonyl (C=O) groups is 7. The molecule has 2 saturated heterocycles. The van der Waals surface area contributed by atoms with Gasteiger partial charge in [0.05, 0.1) is 18.2 Å². The third-order valence-corrected chi connectivity index (χ3v) is 15.5. The predicted molar refractivity (Wildman–Crippen MR) is 233 cm³/mol. The summed E-state index contributed by atoms with van der Waals surface area (Å²) in [5.41, 5.74) is 1.52. The van der Waals surface area contributed by atoms with E-state index in [0.29, 0.717) is 24.9 Å². The number of amides is 4. The van der Waals surface area contributed by atoms with E-state index in [0.717, 1.165) is 40.0 Å². The molecule has 14 heteroatoms. The van der Waals surface area contributed by atoms with Crippen molar-refractivity contribution < 1.29 is 53.2 Å². The van der Waals surface area contributed by atoms with E-state index in [-0.39, 0.29) is 72.8 Å². The van der Waals surface area contributed by atoms with Crippen molar-refractivity contribution in [1.82, 2.24) is 10.2 Å². The number of likely N-dealkylation sites (tertiary alicyclic amines) is 1. The number of aliphatic hydroxyl groups excluding tert-OH is 2. The Morgan fingerprint density at radius 2 is 1.77 bits per heavy atom. The second-order valence-electron chi connectivity index (χ2n) is 19.5. The second-order valence-corrected chi connectivity index (χ2v) is 19.5. The minimum atomic E-state index is -1.44. The van der Waals surface area contributed by atoms with Crippen LogP contribution in [0.1, 0.15) is 103 Å². The fourth-order valence-electron chi connectivity index (χ4n) is 12.1. The van der Waals surface area contributed by atoms with Gasteiger partial charge in [-0.05, 0) is 86.3 Å². The molecule has 0 aromatic heterocycles. The summed E-state index contributed by atoms with van der Waals surface area (Å²) in [5.74, 6) is -3.39. The molecule has 12 atom stereocenters. The lowest BCUT2D eigenvalue weighted by Crippen LogP contribution is -2.63. The maximum atomic E-state index is 14.0. The van der Waals surface area contributed by atoms with E-state index < -0.39 is 71.1 Å². The summed E-state index contributed by atoms with van der Waals surface area (Å²) < 4.78 is 13.4. The Labute approximate surface area is 373 Å². The van der Waals surface area contributed by atoms with Gasteiger partial charge in [0.25, 0.3) is 0 Å². The monoisotopic (exact) mass is 877 g/mol. The van der Waals surface area contributed by atoms with Crippen LogP contribution in [-0.2, 0) is 49.5 Å². The number of carbonyl (C=O) groups excluding carboxylic acids is 7. The van der Waals surface area contributed by atoms with Gasteiger partial charge in [-0.2, -0.15) is 0 Å². The highest BCUT2D eigenvalue weighted by molar-refractivity contribution is 6.04. The van der Waals surface area contributed by atoms with Gasteiger partial charge in [-0.15, -0.1) is 0 Å². The minimum Gasteiger partial charge on any atom is -0.393 e. The van der Waals surface area contributed by atoms with Gasteiger partial charge in [0, 0.05) is 65.6 Å². The topological polar surface area (TPSA) is 206 Å². The number of ketones is 3. The van der Waals surface area contributed by atoms with Crippen molar-refractivity contribution in [2.24, 2.45) is 40.4 Å². The molecule has 0 radical (unpaired) electrons. The number of imide groups is 1. The quantitative estimate of drug-likeness (QED) is 0.192. The van der Waals surface area contributed by atoms with Gasteiger partial charge in [-0.1, -0.05) is 75.7 Å². The number of anilines is 1. The molecule has 2 aromatic carbocycles. The van der Waals surface area contributed by atoms with Crippen LogP contribution < -0.4 is 10.6 Å². The number of nitrogens with zero attached hydrogens (tertiary/aromatic N) is 1. The van der Waals surface area contributed by atoms with Crippen LogP contribution in [-0.4, -0.2) is 93.1 Å². The van der Waals surface area contributed by atoms with Crippen LogP contribution in [0.5, 0.6) is 0 Å². The number of fused-ring (bicyclic) bond motifs is 7. The second kappa shape index (κ2) is 17.3. The Kier molecular flexibility index (Phi) is 12.3. The van der Waals surface area contributed by atoms with Crippen LogP contribution in [0.2, 0.25) is 0 Å². The van der Waals surface area contributed by atoms with Gasteiger partial charge in [-0.25, -0.2) is 0 Å². The molecule has 0 bridgehead atoms. The highest BCUT2D eigenvalue weighted by Crippen LogP contribution is 2.70. The molecule has 1 unspecified atom stereocenters. The van der Waals surface area contributed by atoms with Gasteiger partial charge in [-0.3, -0.25) is 38.5 Å². The zero-order valence-corrected chi connectivity index (χ0v) is 37.1. The average molecular weight is 878 g/mol. The summed E-state index contributed by atoms with van der Waals surface area (Å²) in [4.78, 5) is 90.1. The van der Waals surface area contributed by atoms with Crippen LogP contribution in [0.3, 0.4) is 0 Å². The van der Waals surface area contributed by atoms with Gasteiger partial charge < -0.3 is 30.3 Å². The minimum absolute atomic E-state index is 0.00636. The van der Waals surface area contributed by atoms with Crippen molar-refractivity contribution in [3.05, 3.63) is 89.0 Å². The van der Waals surface area contributed by atoms with Crippen LogP contribution in [0, 0.1) is 40.4 Å². The zero-order chi connectivity index (χ0) is 45.9. The first-order valence-electron chi connectivity index (χ1n) is 22.6. The molecule has 0 spiro atoms. The van der Waals surface area contributed by atoms with Crippen molar-refractivity contribution >= 4 is 46.7 Å². The number of nitrogens with one attached hydrogen (secondary N) is 2. The van der Waals surface area contributed by atoms with Crippen molar-refractivity contribution in [3.63, 3.8) is 0 Å². The number of Topliss-reactive ketones (excluding diaryl/α,β-unsaturated/α-hetero) is 2. The van der Waals surface area contributed by atoms with Gasteiger partial charge in [0.15, 0.2) is 29.2 Å². The standard InChI is InChI=1S/C50H59N3O11/c1-27(19-38(56)29(3)51-42(59)16-18-53-43(60)20-28(2)46(53)62)45(61)52-34-8-6-7-31(22-34)21-30-9-11-32(12-10-30)47-63-41-24-37-36-14-13-33-23-35(55)15-17-48(33,4)44(36)39(57)25-49(37,5)50(41,64-47)40(58)26-54/h6-12,15,17,22-23,27-29,36-37,39,41,44,47,54,57H,13-14,16,18-21,24-26H2,1-5H3,(H,51,59)(H,52,61)/t27-,28?,29+,36+,37+,39+,41-,44-,47-,48+,49+,50-/m1/s1. The number of allylic oxidation sites excluding steroid dienone is 4. The Morgan fingerprint density at radius 3 is 2.47 bits per heavy atom. The van der Waals surface area contributed by atoms with E-state index in [9.17, 15) is 43.8 Å². The Bertz CT molecular complexity index is 2320. The molecule has 2 aromatic rings. The predicted octanol–water partition coefficient (Wildman–Crippen LogP) is 4.70. The molecule has 4 aliphatic carbocycles. The fraction of sp³-hybridized carbons (Fsp3) is 0.540. The molecule has 6 aliphatic rings. The van der Waals surface area contributed by atoms with Gasteiger partial charge in [0.1, 0.15) is 6.61 Å². The SMILES string of the molecule is CC1CC(=O)N(CCC(=O)N[C@@H](C)C(=O)C[C@@H](C)C(=O)Nc2cccc(Cc3ccc([C@@H]4O[C@@H]5C[C@H]6[C@@H]7CCC8=CC(=O)C=C[C@]8(C)[C@H]7[C@@H](O)C[C@]6(C)[C@]5(C(=O)CO)O4)cc3)c2)C1=O. The largest absolute Gasteiger partial charge is 0.393 e. The molecular weight excluding hydrogens is 819 g/mol. The van der Waals surface area contributed by atoms with Crippen molar-refractivity contribution in [1.29, 1.82) is 0 Å². The lowest BCUT2D eigenvalue weighted by Gasteiger charge is -2.59. The third-order valence-electron chi connectivity index (χ3n) is 15.5. The van der Waals surface area contributed by atoms with Gasteiger partial charge in [0.2, 0.25) is 23.6 Å². The molecule has 4 N–H and O–H groups in total. The number of benzene rings is 2. The third kappa shape index (κ3) is 7.90. The summed E-state index contributed by atoms with van der Waals surface area (Å²) >= 11 is 0. The number of hydrogen-bond acceptors (Lipinski definition) is 11.